The standard InChI is InChI=1S/C17H28N4O/c1-4-7-12-20-17(19-6-3)21-13-14-8-10-15(11-9-14)16(22)18-5-2/h8-11H,4-7,12-13H2,1-3H3,(H,18,22)(H2,19,20,21). The van der Waals surface area contributed by atoms with Gasteiger partial charge in [0.25, 0.3) is 5.91 Å². The molecule has 0 unspecified atom stereocenters. The molecule has 0 bridgehead atoms. The Morgan fingerprint density at radius 2 is 1.68 bits per heavy atom. The van der Waals surface area contributed by atoms with Gasteiger partial charge in [-0.25, -0.2) is 4.99 Å². The predicted octanol–water partition coefficient (Wildman–Crippen LogP) is 2.29. The number of rotatable bonds is 8. The van der Waals surface area contributed by atoms with Gasteiger partial charge in [0.1, 0.15) is 0 Å². The van der Waals surface area contributed by atoms with E-state index in [9.17, 15) is 4.79 Å². The van der Waals surface area contributed by atoms with E-state index in [1.807, 2.05) is 31.2 Å². The topological polar surface area (TPSA) is 65.5 Å². The van der Waals surface area contributed by atoms with Crippen LogP contribution in [-0.4, -0.2) is 31.5 Å². The fraction of sp³-hybridized carbons (Fsp3) is 0.529. The second kappa shape index (κ2) is 10.7. The number of guanidine groups is 1. The second-order valence-corrected chi connectivity index (χ2v) is 5.03. The summed E-state index contributed by atoms with van der Waals surface area (Å²) in [5, 5.41) is 9.34. The number of hydrogen-bond donors (Lipinski definition) is 3. The molecule has 0 aromatic heterocycles. The molecular weight excluding hydrogens is 276 g/mol. The zero-order valence-corrected chi connectivity index (χ0v) is 13.9. The van der Waals surface area contributed by atoms with Crippen LogP contribution in [0.25, 0.3) is 0 Å². The van der Waals surface area contributed by atoms with Crippen LogP contribution in [0.4, 0.5) is 0 Å². The first-order valence-electron chi connectivity index (χ1n) is 8.10. The van der Waals surface area contributed by atoms with Crippen molar-refractivity contribution in [3.05, 3.63) is 35.4 Å². The zero-order valence-electron chi connectivity index (χ0n) is 13.9. The van der Waals surface area contributed by atoms with Gasteiger partial charge in [-0.15, -0.1) is 0 Å². The van der Waals surface area contributed by atoms with Gasteiger partial charge in [-0.3, -0.25) is 4.79 Å². The molecular formula is C17H28N4O. The van der Waals surface area contributed by atoms with Crippen molar-refractivity contribution in [1.82, 2.24) is 16.0 Å². The van der Waals surface area contributed by atoms with Crippen LogP contribution < -0.4 is 16.0 Å². The maximum Gasteiger partial charge on any atom is 0.251 e. The van der Waals surface area contributed by atoms with Crippen molar-refractivity contribution in [1.29, 1.82) is 0 Å². The summed E-state index contributed by atoms with van der Waals surface area (Å²) in [7, 11) is 0. The van der Waals surface area contributed by atoms with Gasteiger partial charge in [0.15, 0.2) is 5.96 Å². The molecule has 1 aromatic carbocycles. The van der Waals surface area contributed by atoms with Gasteiger partial charge >= 0.3 is 0 Å². The highest BCUT2D eigenvalue weighted by atomic mass is 16.1. The summed E-state index contributed by atoms with van der Waals surface area (Å²) in [6, 6.07) is 7.58. The Hall–Kier alpha value is -2.04. The van der Waals surface area contributed by atoms with Crippen molar-refractivity contribution in [3.8, 4) is 0 Å². The Kier molecular flexibility index (Phi) is 8.72. The van der Waals surface area contributed by atoms with E-state index in [1.165, 1.54) is 0 Å². The third-order valence-corrected chi connectivity index (χ3v) is 3.14. The number of nitrogens with zero attached hydrogens (tertiary/aromatic N) is 1. The van der Waals surface area contributed by atoms with Crippen molar-refractivity contribution >= 4 is 11.9 Å². The van der Waals surface area contributed by atoms with Crippen molar-refractivity contribution in [2.45, 2.75) is 40.2 Å². The first-order valence-corrected chi connectivity index (χ1v) is 8.10. The highest BCUT2D eigenvalue weighted by Gasteiger charge is 2.03. The zero-order chi connectivity index (χ0) is 16.2. The van der Waals surface area contributed by atoms with E-state index >= 15 is 0 Å². The van der Waals surface area contributed by atoms with Gasteiger partial charge in [0, 0.05) is 25.2 Å². The van der Waals surface area contributed by atoms with Gasteiger partial charge in [-0.1, -0.05) is 25.5 Å². The van der Waals surface area contributed by atoms with Crippen LogP contribution in [0.2, 0.25) is 0 Å². The number of carbonyl (C=O) groups excluding carboxylic acids is 1. The average molecular weight is 304 g/mol. The first-order chi connectivity index (χ1) is 10.7. The van der Waals surface area contributed by atoms with Crippen LogP contribution in [-0.2, 0) is 6.54 Å². The number of amides is 1. The first kappa shape index (κ1) is 18.0. The molecule has 5 heteroatoms. The van der Waals surface area contributed by atoms with Crippen LogP contribution in [0.15, 0.2) is 29.3 Å². The predicted molar refractivity (Wildman–Crippen MR) is 92.2 cm³/mol. The van der Waals surface area contributed by atoms with Crippen LogP contribution in [0.5, 0.6) is 0 Å². The molecule has 0 aliphatic heterocycles. The lowest BCUT2D eigenvalue weighted by atomic mass is 10.1. The summed E-state index contributed by atoms with van der Waals surface area (Å²) in [5.41, 5.74) is 1.77. The molecule has 122 valence electrons. The van der Waals surface area contributed by atoms with E-state index in [2.05, 4.69) is 34.8 Å². The molecule has 0 aliphatic carbocycles. The van der Waals surface area contributed by atoms with Crippen LogP contribution >= 0.6 is 0 Å². The normalized spacial score (nSPS) is 11.1. The monoisotopic (exact) mass is 304 g/mol. The Morgan fingerprint density at radius 1 is 1.00 bits per heavy atom. The summed E-state index contributed by atoms with van der Waals surface area (Å²) >= 11 is 0. The molecule has 0 fully saturated rings. The van der Waals surface area contributed by atoms with Gasteiger partial charge in [-0.2, -0.15) is 0 Å². The van der Waals surface area contributed by atoms with E-state index in [0.717, 1.165) is 37.5 Å². The van der Waals surface area contributed by atoms with Crippen molar-refractivity contribution in [3.63, 3.8) is 0 Å². The largest absolute Gasteiger partial charge is 0.357 e. The molecule has 22 heavy (non-hydrogen) atoms. The molecule has 0 heterocycles. The maximum absolute atomic E-state index is 11.7. The molecule has 0 aliphatic rings. The fourth-order valence-electron chi connectivity index (χ4n) is 1.92. The van der Waals surface area contributed by atoms with Gasteiger partial charge < -0.3 is 16.0 Å². The number of nitrogens with one attached hydrogen (secondary N) is 3. The van der Waals surface area contributed by atoms with E-state index in [-0.39, 0.29) is 5.91 Å². The highest BCUT2D eigenvalue weighted by Crippen LogP contribution is 2.05. The lowest BCUT2D eigenvalue weighted by Crippen LogP contribution is -2.37. The van der Waals surface area contributed by atoms with Gasteiger partial charge in [0.05, 0.1) is 6.54 Å². The lowest BCUT2D eigenvalue weighted by Gasteiger charge is -2.10. The third kappa shape index (κ3) is 6.61. The Morgan fingerprint density at radius 3 is 2.27 bits per heavy atom. The fourth-order valence-corrected chi connectivity index (χ4v) is 1.92. The molecule has 0 saturated heterocycles. The minimum atomic E-state index is -0.0351. The lowest BCUT2D eigenvalue weighted by molar-refractivity contribution is 0.0956. The van der Waals surface area contributed by atoms with E-state index in [4.69, 9.17) is 0 Å². The Bertz CT molecular complexity index is 468. The SMILES string of the molecule is CCCCNC(=NCc1ccc(C(=O)NCC)cc1)NCC. The summed E-state index contributed by atoms with van der Waals surface area (Å²) in [4.78, 5) is 16.3. The third-order valence-electron chi connectivity index (χ3n) is 3.14. The van der Waals surface area contributed by atoms with Crippen LogP contribution in [0.1, 0.15) is 49.5 Å². The molecule has 0 radical (unpaired) electrons. The summed E-state index contributed by atoms with van der Waals surface area (Å²) in [6.45, 7) is 9.14. The number of carbonyl (C=O) groups is 1. The molecule has 1 rings (SSSR count). The summed E-state index contributed by atoms with van der Waals surface area (Å²) in [6.07, 6.45) is 2.29. The molecule has 1 aromatic rings. The summed E-state index contributed by atoms with van der Waals surface area (Å²) in [5.74, 6) is 0.802. The quantitative estimate of drug-likeness (QED) is 0.392. The van der Waals surface area contributed by atoms with Crippen molar-refractivity contribution in [2.24, 2.45) is 4.99 Å². The smallest absolute Gasteiger partial charge is 0.251 e. The van der Waals surface area contributed by atoms with E-state index < -0.39 is 0 Å². The van der Waals surface area contributed by atoms with Gasteiger partial charge in [0.2, 0.25) is 0 Å². The number of hydrogen-bond acceptors (Lipinski definition) is 2. The summed E-state index contributed by atoms with van der Waals surface area (Å²) < 4.78 is 0. The van der Waals surface area contributed by atoms with E-state index in [1.54, 1.807) is 0 Å². The minimum absolute atomic E-state index is 0.0351. The molecule has 0 spiro atoms. The molecule has 5 nitrogen and oxygen atoms in total. The molecule has 1 amide bonds. The number of benzene rings is 1. The maximum atomic E-state index is 11.7. The molecule has 0 saturated carbocycles. The second-order valence-electron chi connectivity index (χ2n) is 5.03. The van der Waals surface area contributed by atoms with Crippen molar-refractivity contribution in [2.75, 3.05) is 19.6 Å². The number of aliphatic imine (C=N–C) groups is 1. The highest BCUT2D eigenvalue weighted by molar-refractivity contribution is 5.94. The molecule has 0 atom stereocenters. The minimum Gasteiger partial charge on any atom is -0.357 e. The average Bonchev–Trinajstić information content (AvgIpc) is 2.53. The Labute approximate surface area is 133 Å². The van der Waals surface area contributed by atoms with E-state index in [0.29, 0.717) is 18.7 Å². The van der Waals surface area contributed by atoms with Gasteiger partial charge in [-0.05, 0) is 38.0 Å². The molecule has 3 N–H and O–H groups in total. The van der Waals surface area contributed by atoms with Crippen LogP contribution in [0.3, 0.4) is 0 Å². The number of unbranched alkanes of at least 4 members (excludes halogenated alkanes) is 1. The van der Waals surface area contributed by atoms with Crippen molar-refractivity contribution < 1.29 is 4.79 Å². The van der Waals surface area contributed by atoms with Crippen LogP contribution in [0, 0.1) is 0 Å². The Balaban J connectivity index is 2.59.